The number of amides is 1. The van der Waals surface area contributed by atoms with Crippen molar-refractivity contribution in [3.63, 3.8) is 0 Å². The third kappa shape index (κ3) is 20.2. The van der Waals surface area contributed by atoms with Crippen LogP contribution in [0, 0.1) is 33.5 Å². The van der Waals surface area contributed by atoms with Crippen LogP contribution in [0.3, 0.4) is 0 Å². The highest BCUT2D eigenvalue weighted by atomic mass is 16.2. The van der Waals surface area contributed by atoms with Crippen molar-refractivity contribution in [1.29, 1.82) is 0 Å². The molecule has 4 nitrogen and oxygen atoms in total. The van der Waals surface area contributed by atoms with E-state index >= 15 is 0 Å². The lowest BCUT2D eigenvalue weighted by molar-refractivity contribution is -0.136. The van der Waals surface area contributed by atoms with Crippen LogP contribution in [0.5, 0.6) is 0 Å². The standard InChI is InChI=1S/C21H42N2O2.C4H10.2C2H6/c1-15(2)16(24)20(7,8)12-21(9,10)17(25)23-14-19(5,6)11-18(3,4)13-22;1-4(2)3;2*1-2/h15H,11-14,22H2,1-10H3,(H,23,25);4H,1-3H3;2*1-2H3. The monoisotopic (exact) mass is 472 g/mol. The molecule has 0 spiro atoms. The van der Waals surface area contributed by atoms with Crippen molar-refractivity contribution in [1.82, 2.24) is 5.32 Å². The number of carbonyl (C=O) groups is 2. The number of Topliss-reactive ketones (excluding diaryl/α,β-unsaturated/α-hetero) is 1. The molecular weight excluding hydrogens is 408 g/mol. The van der Waals surface area contributed by atoms with Gasteiger partial charge in [-0.1, -0.05) is 118 Å². The minimum Gasteiger partial charge on any atom is -0.355 e. The molecule has 33 heavy (non-hydrogen) atoms. The first-order valence-electron chi connectivity index (χ1n) is 13.2. The van der Waals surface area contributed by atoms with Crippen molar-refractivity contribution >= 4 is 11.7 Å². The predicted molar refractivity (Wildman–Crippen MR) is 149 cm³/mol. The summed E-state index contributed by atoms with van der Waals surface area (Å²) in [6, 6.07) is 0. The minimum atomic E-state index is -0.590. The zero-order valence-electron chi connectivity index (χ0n) is 25.9. The van der Waals surface area contributed by atoms with Crippen LogP contribution < -0.4 is 11.1 Å². The molecule has 202 valence electrons. The maximum absolute atomic E-state index is 12.8. The molecule has 0 rings (SSSR count). The smallest absolute Gasteiger partial charge is 0.225 e. The summed E-state index contributed by atoms with van der Waals surface area (Å²) in [7, 11) is 0. The van der Waals surface area contributed by atoms with Gasteiger partial charge in [-0.05, 0) is 36.1 Å². The van der Waals surface area contributed by atoms with E-state index in [0.29, 0.717) is 19.5 Å². The van der Waals surface area contributed by atoms with Crippen LogP contribution in [0.2, 0.25) is 0 Å². The number of hydrogen-bond acceptors (Lipinski definition) is 3. The van der Waals surface area contributed by atoms with E-state index in [4.69, 9.17) is 5.73 Å². The van der Waals surface area contributed by atoms with Gasteiger partial charge in [0.05, 0.1) is 0 Å². The molecule has 0 saturated carbocycles. The van der Waals surface area contributed by atoms with E-state index in [1.807, 2.05) is 69.2 Å². The normalized spacial score (nSPS) is 12.0. The number of nitrogens with one attached hydrogen (secondary N) is 1. The summed E-state index contributed by atoms with van der Waals surface area (Å²) < 4.78 is 0. The molecule has 0 aromatic heterocycles. The fourth-order valence-electron chi connectivity index (χ4n) is 4.04. The van der Waals surface area contributed by atoms with Crippen molar-refractivity contribution in [3.8, 4) is 0 Å². The summed E-state index contributed by atoms with van der Waals surface area (Å²) >= 11 is 0. The fraction of sp³-hybridized carbons (Fsp3) is 0.931. The Labute approximate surface area is 209 Å². The SMILES string of the molecule is CC.CC.CC(C)C.CC(C)C(=O)C(C)(C)CC(C)(C)C(=O)NCC(C)(C)CC(C)(C)CN. The number of hydrogen-bond donors (Lipinski definition) is 2. The lowest BCUT2D eigenvalue weighted by Crippen LogP contribution is -2.46. The van der Waals surface area contributed by atoms with Crippen LogP contribution in [0.15, 0.2) is 0 Å². The maximum atomic E-state index is 12.8. The van der Waals surface area contributed by atoms with Gasteiger partial charge >= 0.3 is 0 Å². The third-order valence-electron chi connectivity index (χ3n) is 4.93. The minimum absolute atomic E-state index is 0.00996. The van der Waals surface area contributed by atoms with Gasteiger partial charge in [-0.2, -0.15) is 0 Å². The van der Waals surface area contributed by atoms with Crippen molar-refractivity contribution in [3.05, 3.63) is 0 Å². The lowest BCUT2D eigenvalue weighted by Gasteiger charge is -2.37. The van der Waals surface area contributed by atoms with E-state index in [0.717, 1.165) is 12.3 Å². The molecule has 0 bridgehead atoms. The van der Waals surface area contributed by atoms with Gasteiger partial charge in [0.2, 0.25) is 5.91 Å². The molecule has 3 N–H and O–H groups in total. The Morgan fingerprint density at radius 2 is 1.06 bits per heavy atom. The molecule has 4 heteroatoms. The van der Waals surface area contributed by atoms with E-state index in [1.54, 1.807) is 0 Å². The number of ketones is 1. The van der Waals surface area contributed by atoms with Gasteiger partial charge in [0.1, 0.15) is 5.78 Å². The second kappa shape index (κ2) is 17.5. The molecule has 0 radical (unpaired) electrons. The van der Waals surface area contributed by atoms with Gasteiger partial charge in [-0.15, -0.1) is 0 Å². The zero-order chi connectivity index (χ0) is 27.8. The molecule has 0 atom stereocenters. The van der Waals surface area contributed by atoms with Crippen molar-refractivity contribution < 1.29 is 9.59 Å². The Bertz CT molecular complexity index is 513. The average Bonchev–Trinajstić information content (AvgIpc) is 2.66. The van der Waals surface area contributed by atoms with Crippen molar-refractivity contribution in [2.24, 2.45) is 39.2 Å². The van der Waals surface area contributed by atoms with Gasteiger partial charge in [0.15, 0.2) is 0 Å². The molecule has 0 saturated heterocycles. The fourth-order valence-corrected chi connectivity index (χ4v) is 4.04. The summed E-state index contributed by atoms with van der Waals surface area (Å²) in [5.41, 5.74) is 4.76. The second-order valence-corrected chi connectivity index (χ2v) is 12.6. The Balaban J connectivity index is -0.000000459. The molecule has 0 aromatic rings. The summed E-state index contributed by atoms with van der Waals surface area (Å²) in [5.74, 6) is 1.03. The molecule has 0 unspecified atom stereocenters. The Morgan fingerprint density at radius 3 is 1.36 bits per heavy atom. The molecule has 0 fully saturated rings. The molecular formula is C29H64N2O2. The average molecular weight is 473 g/mol. The van der Waals surface area contributed by atoms with Crippen LogP contribution in [0.4, 0.5) is 0 Å². The largest absolute Gasteiger partial charge is 0.355 e. The second-order valence-electron chi connectivity index (χ2n) is 12.6. The van der Waals surface area contributed by atoms with E-state index in [-0.39, 0.29) is 28.4 Å². The quantitative estimate of drug-likeness (QED) is 0.339. The number of nitrogens with two attached hydrogens (primary N) is 1. The predicted octanol–water partition coefficient (Wildman–Crippen LogP) is 7.89. The molecule has 0 aliphatic heterocycles. The van der Waals surface area contributed by atoms with Gasteiger partial charge < -0.3 is 11.1 Å². The van der Waals surface area contributed by atoms with E-state index in [2.05, 4.69) is 53.8 Å². The van der Waals surface area contributed by atoms with Crippen molar-refractivity contribution in [2.75, 3.05) is 13.1 Å². The highest BCUT2D eigenvalue weighted by molar-refractivity contribution is 5.88. The zero-order valence-corrected chi connectivity index (χ0v) is 25.9. The Hall–Kier alpha value is -0.900. The first-order chi connectivity index (χ1) is 14.7. The van der Waals surface area contributed by atoms with Gasteiger partial charge in [-0.25, -0.2) is 0 Å². The first-order valence-corrected chi connectivity index (χ1v) is 13.2. The first kappa shape index (κ1) is 39.3. The number of rotatable bonds is 10. The van der Waals surface area contributed by atoms with E-state index in [9.17, 15) is 9.59 Å². The molecule has 0 heterocycles. The van der Waals surface area contributed by atoms with Crippen LogP contribution in [0.1, 0.15) is 131 Å². The molecule has 0 aliphatic carbocycles. The van der Waals surface area contributed by atoms with Crippen molar-refractivity contribution in [2.45, 2.75) is 131 Å². The number of carbonyl (C=O) groups excluding carboxylic acids is 2. The molecule has 0 aromatic carbocycles. The van der Waals surface area contributed by atoms with Crippen LogP contribution in [-0.4, -0.2) is 24.8 Å². The van der Waals surface area contributed by atoms with Gasteiger partial charge in [0, 0.05) is 23.3 Å². The van der Waals surface area contributed by atoms with Crippen LogP contribution in [0.25, 0.3) is 0 Å². The van der Waals surface area contributed by atoms with E-state index in [1.165, 1.54) is 0 Å². The maximum Gasteiger partial charge on any atom is 0.225 e. The van der Waals surface area contributed by atoms with Crippen LogP contribution >= 0.6 is 0 Å². The van der Waals surface area contributed by atoms with Crippen LogP contribution in [-0.2, 0) is 9.59 Å². The topological polar surface area (TPSA) is 72.2 Å². The molecule has 0 aliphatic rings. The van der Waals surface area contributed by atoms with Gasteiger partial charge in [0.25, 0.3) is 0 Å². The summed E-state index contributed by atoms with van der Waals surface area (Å²) in [6.45, 7) is 35.9. The lowest BCUT2D eigenvalue weighted by atomic mass is 9.70. The molecule has 1 amide bonds. The third-order valence-corrected chi connectivity index (χ3v) is 4.93. The summed E-state index contributed by atoms with van der Waals surface area (Å²) in [5, 5.41) is 3.11. The highest BCUT2D eigenvalue weighted by Crippen LogP contribution is 2.37. The Morgan fingerprint density at radius 1 is 0.697 bits per heavy atom. The van der Waals surface area contributed by atoms with Gasteiger partial charge in [-0.3, -0.25) is 9.59 Å². The summed E-state index contributed by atoms with van der Waals surface area (Å²) in [4.78, 5) is 25.2. The van der Waals surface area contributed by atoms with E-state index < -0.39 is 10.8 Å². The summed E-state index contributed by atoms with van der Waals surface area (Å²) in [6.07, 6.45) is 1.48. The Kier molecular flexibility index (Phi) is 20.9. The highest BCUT2D eigenvalue weighted by Gasteiger charge is 2.40.